The van der Waals surface area contributed by atoms with Gasteiger partial charge in [0.1, 0.15) is 6.61 Å². The molecular weight excluding hydrogens is 172 g/mol. The van der Waals surface area contributed by atoms with Gasteiger partial charge in [0.2, 0.25) is 0 Å². The number of nitrogens with two attached hydrogens (primary N) is 1. The van der Waals surface area contributed by atoms with Crippen LogP contribution in [0.1, 0.15) is 19.8 Å². The molecule has 0 aliphatic carbocycles. The highest BCUT2D eigenvalue weighted by molar-refractivity contribution is 5.72. The van der Waals surface area contributed by atoms with Gasteiger partial charge in [-0.05, 0) is 12.8 Å². The molecule has 2 amide bonds. The van der Waals surface area contributed by atoms with Gasteiger partial charge in [0, 0.05) is 13.5 Å². The highest BCUT2D eigenvalue weighted by Crippen LogP contribution is 2.16. The molecule has 1 atom stereocenters. The molecule has 74 valence electrons. The Kier molecular flexibility index (Phi) is 3.11. The van der Waals surface area contributed by atoms with Crippen molar-refractivity contribution < 1.29 is 14.3 Å². The predicted molar refractivity (Wildman–Crippen MR) is 45.9 cm³/mol. The van der Waals surface area contributed by atoms with Gasteiger partial charge in [-0.15, -0.1) is 0 Å². The van der Waals surface area contributed by atoms with Crippen LogP contribution in [0.2, 0.25) is 0 Å². The Hall–Kier alpha value is -1.26. The lowest BCUT2D eigenvalue weighted by Crippen LogP contribution is -2.41. The van der Waals surface area contributed by atoms with E-state index in [1.807, 2.05) is 0 Å². The summed E-state index contributed by atoms with van der Waals surface area (Å²) in [4.78, 5) is 22.9. The zero-order valence-corrected chi connectivity index (χ0v) is 7.66. The number of rotatable bonds is 2. The van der Waals surface area contributed by atoms with Gasteiger partial charge in [-0.2, -0.15) is 0 Å². The summed E-state index contributed by atoms with van der Waals surface area (Å²) in [6.45, 7) is 2.28. The van der Waals surface area contributed by atoms with Crippen LogP contribution in [0, 0.1) is 0 Å². The highest BCUT2D eigenvalue weighted by Gasteiger charge is 2.27. The molecule has 0 spiro atoms. The van der Waals surface area contributed by atoms with E-state index in [2.05, 4.69) is 0 Å². The van der Waals surface area contributed by atoms with Gasteiger partial charge in [0.25, 0.3) is 0 Å². The summed E-state index contributed by atoms with van der Waals surface area (Å²) >= 11 is 0. The molecule has 1 aliphatic heterocycles. The Bertz CT molecular complexity index is 217. The normalized spacial score (nSPS) is 21.6. The van der Waals surface area contributed by atoms with Crippen molar-refractivity contribution in [2.45, 2.75) is 25.8 Å². The standard InChI is InChI=1S/C8H14N2O3/c1-6(11)13-5-7-3-2-4-10(7)8(9)12/h7H,2-5H2,1H3,(H2,9,12). The summed E-state index contributed by atoms with van der Waals surface area (Å²) in [5.41, 5.74) is 5.14. The van der Waals surface area contributed by atoms with Crippen LogP contribution in [-0.4, -0.2) is 36.1 Å². The first-order chi connectivity index (χ1) is 6.11. The fourth-order valence-electron chi connectivity index (χ4n) is 1.51. The van der Waals surface area contributed by atoms with Crippen molar-refractivity contribution in [3.05, 3.63) is 0 Å². The van der Waals surface area contributed by atoms with Crippen molar-refractivity contribution >= 4 is 12.0 Å². The van der Waals surface area contributed by atoms with Gasteiger partial charge >= 0.3 is 12.0 Å². The molecule has 1 unspecified atom stereocenters. The van der Waals surface area contributed by atoms with Crippen LogP contribution in [0.25, 0.3) is 0 Å². The van der Waals surface area contributed by atoms with Crippen molar-refractivity contribution in [2.75, 3.05) is 13.2 Å². The van der Waals surface area contributed by atoms with E-state index in [0.29, 0.717) is 6.54 Å². The van der Waals surface area contributed by atoms with Crippen molar-refractivity contribution in [2.24, 2.45) is 5.73 Å². The summed E-state index contributed by atoms with van der Waals surface area (Å²) in [6.07, 6.45) is 1.78. The average Bonchev–Trinajstić information content (AvgIpc) is 2.47. The second-order valence-corrected chi connectivity index (χ2v) is 3.13. The maximum atomic E-state index is 10.9. The number of nitrogens with zero attached hydrogens (tertiary/aromatic N) is 1. The number of amides is 2. The third-order valence-electron chi connectivity index (χ3n) is 2.14. The van der Waals surface area contributed by atoms with Crippen molar-refractivity contribution in [1.82, 2.24) is 4.90 Å². The summed E-state index contributed by atoms with van der Waals surface area (Å²) in [5.74, 6) is -0.323. The molecule has 0 aromatic heterocycles. The Morgan fingerprint density at radius 1 is 1.62 bits per heavy atom. The van der Waals surface area contributed by atoms with Gasteiger partial charge in [0.05, 0.1) is 6.04 Å². The summed E-state index contributed by atoms with van der Waals surface area (Å²) < 4.78 is 4.82. The van der Waals surface area contributed by atoms with E-state index >= 15 is 0 Å². The van der Waals surface area contributed by atoms with E-state index in [4.69, 9.17) is 10.5 Å². The van der Waals surface area contributed by atoms with Crippen molar-refractivity contribution in [3.8, 4) is 0 Å². The lowest BCUT2D eigenvalue weighted by atomic mass is 10.2. The SMILES string of the molecule is CC(=O)OCC1CCCN1C(N)=O. The summed E-state index contributed by atoms with van der Waals surface area (Å²) in [7, 11) is 0. The number of hydrogen-bond acceptors (Lipinski definition) is 3. The predicted octanol–water partition coefficient (Wildman–Crippen LogP) is 0.0926. The zero-order chi connectivity index (χ0) is 9.84. The lowest BCUT2D eigenvalue weighted by molar-refractivity contribution is -0.142. The molecule has 2 N–H and O–H groups in total. The molecule has 1 rings (SSSR count). The molecule has 0 aromatic rings. The molecule has 0 bridgehead atoms. The van der Waals surface area contributed by atoms with Gasteiger partial charge in [-0.1, -0.05) is 0 Å². The van der Waals surface area contributed by atoms with Gasteiger partial charge < -0.3 is 15.4 Å². The van der Waals surface area contributed by atoms with Gasteiger partial charge in [-0.3, -0.25) is 4.79 Å². The molecule has 1 fully saturated rings. The minimum absolute atomic E-state index is 0.0265. The zero-order valence-electron chi connectivity index (χ0n) is 7.66. The number of urea groups is 1. The Morgan fingerprint density at radius 3 is 2.85 bits per heavy atom. The first-order valence-corrected chi connectivity index (χ1v) is 4.30. The molecular formula is C8H14N2O3. The second kappa shape index (κ2) is 4.11. The van der Waals surface area contributed by atoms with Crippen molar-refractivity contribution in [3.63, 3.8) is 0 Å². The van der Waals surface area contributed by atoms with Crippen LogP contribution in [0.4, 0.5) is 4.79 Å². The molecule has 0 radical (unpaired) electrons. The molecule has 1 aliphatic rings. The van der Waals surface area contributed by atoms with Crippen LogP contribution in [-0.2, 0) is 9.53 Å². The van der Waals surface area contributed by atoms with Crippen LogP contribution in [0.15, 0.2) is 0 Å². The molecule has 1 heterocycles. The quantitative estimate of drug-likeness (QED) is 0.621. The average molecular weight is 186 g/mol. The number of primary amides is 1. The van der Waals surface area contributed by atoms with Gasteiger partial charge in [0.15, 0.2) is 0 Å². The Labute approximate surface area is 76.8 Å². The molecule has 0 saturated carbocycles. The number of ether oxygens (including phenoxy) is 1. The first-order valence-electron chi connectivity index (χ1n) is 4.30. The molecule has 5 heteroatoms. The van der Waals surface area contributed by atoms with Gasteiger partial charge in [-0.25, -0.2) is 4.79 Å². The maximum Gasteiger partial charge on any atom is 0.315 e. The fourth-order valence-corrected chi connectivity index (χ4v) is 1.51. The number of esters is 1. The lowest BCUT2D eigenvalue weighted by Gasteiger charge is -2.21. The molecule has 0 aromatic carbocycles. The second-order valence-electron chi connectivity index (χ2n) is 3.13. The smallest absolute Gasteiger partial charge is 0.315 e. The number of carbonyl (C=O) groups is 2. The minimum atomic E-state index is -0.436. The first kappa shape index (κ1) is 9.83. The van der Waals surface area contributed by atoms with E-state index in [9.17, 15) is 9.59 Å². The highest BCUT2D eigenvalue weighted by atomic mass is 16.5. The van der Waals surface area contributed by atoms with Crippen LogP contribution in [0.5, 0.6) is 0 Å². The van der Waals surface area contributed by atoms with E-state index in [-0.39, 0.29) is 18.6 Å². The number of carbonyl (C=O) groups excluding carboxylic acids is 2. The molecule has 5 nitrogen and oxygen atoms in total. The third-order valence-corrected chi connectivity index (χ3v) is 2.14. The summed E-state index contributed by atoms with van der Waals surface area (Å²) in [6, 6.07) is -0.462. The monoisotopic (exact) mass is 186 g/mol. The van der Waals surface area contributed by atoms with Crippen molar-refractivity contribution in [1.29, 1.82) is 0 Å². The van der Waals surface area contributed by atoms with E-state index in [1.54, 1.807) is 4.90 Å². The van der Waals surface area contributed by atoms with Crippen LogP contribution < -0.4 is 5.73 Å². The maximum absolute atomic E-state index is 10.9. The summed E-state index contributed by atoms with van der Waals surface area (Å²) in [5, 5.41) is 0. The third kappa shape index (κ3) is 2.61. The molecule has 13 heavy (non-hydrogen) atoms. The van der Waals surface area contributed by atoms with E-state index in [1.165, 1.54) is 6.92 Å². The Balaban J connectivity index is 2.39. The topological polar surface area (TPSA) is 72.6 Å². The Morgan fingerprint density at radius 2 is 2.31 bits per heavy atom. The largest absolute Gasteiger partial charge is 0.464 e. The van der Waals surface area contributed by atoms with Crippen LogP contribution >= 0.6 is 0 Å². The molecule has 1 saturated heterocycles. The number of likely N-dealkylation sites (tertiary alicyclic amines) is 1. The number of hydrogen-bond donors (Lipinski definition) is 1. The van der Waals surface area contributed by atoms with Crippen LogP contribution in [0.3, 0.4) is 0 Å². The van der Waals surface area contributed by atoms with E-state index < -0.39 is 6.03 Å². The minimum Gasteiger partial charge on any atom is -0.464 e. The van der Waals surface area contributed by atoms with E-state index in [0.717, 1.165) is 12.8 Å². The fraction of sp³-hybridized carbons (Fsp3) is 0.750.